The summed E-state index contributed by atoms with van der Waals surface area (Å²) < 4.78 is 10.6. The fourth-order valence-corrected chi connectivity index (χ4v) is 15.3. The Bertz CT molecular complexity index is 3930. The van der Waals surface area contributed by atoms with Gasteiger partial charge in [0.05, 0.1) is 67.3 Å². The van der Waals surface area contributed by atoms with E-state index in [9.17, 15) is 144 Å². The number of anilines is 3. The zero-order valence-electron chi connectivity index (χ0n) is 68.5. The maximum absolute atomic E-state index is 14.7. The fraction of sp³-hybridized carbons (Fsp3) is 0.658. The van der Waals surface area contributed by atoms with E-state index in [2.05, 4.69) is 62.0 Å². The number of aryl methyl sites for hydroxylation is 2. The number of nitrogens with one attached hydrogen (secondary N) is 7. The summed E-state index contributed by atoms with van der Waals surface area (Å²) in [4.78, 5) is 192. The van der Waals surface area contributed by atoms with Gasteiger partial charge in [0.1, 0.15) is 85.6 Å². The van der Waals surface area contributed by atoms with Crippen molar-refractivity contribution in [1.82, 2.24) is 51.8 Å². The molecule has 3 heterocycles. The van der Waals surface area contributed by atoms with Crippen molar-refractivity contribution in [2.24, 2.45) is 11.8 Å². The molecule has 0 spiro atoms. The zero-order valence-corrected chi connectivity index (χ0v) is 71.7. The third kappa shape index (κ3) is 39.2. The Labute approximate surface area is 729 Å². The number of ether oxygens (including phenoxy) is 2. The highest BCUT2D eigenvalue weighted by atomic mass is 35.5. The summed E-state index contributed by atoms with van der Waals surface area (Å²) in [6, 6.07) is 2.09. The Balaban J connectivity index is 1.44. The first-order chi connectivity index (χ1) is 58.7. The van der Waals surface area contributed by atoms with E-state index in [4.69, 9.17) is 26.2 Å². The number of rotatable bonds is 62. The lowest BCUT2D eigenvalue weighted by Gasteiger charge is -2.35. The molecule has 1 aliphatic rings. The van der Waals surface area contributed by atoms with Crippen LogP contribution >= 0.6 is 44.5 Å². The molecule has 4 rings (SSSR count). The van der Waals surface area contributed by atoms with E-state index in [-0.39, 0.29) is 49.8 Å². The summed E-state index contributed by atoms with van der Waals surface area (Å²) in [5.74, 6) is -13.4. The molecule has 6 amide bonds. The number of nitrogens with zero attached hydrogens (tertiary/aromatic N) is 5. The van der Waals surface area contributed by atoms with E-state index in [0.29, 0.717) is 65.2 Å². The number of carboxylic acids is 2. The van der Waals surface area contributed by atoms with Gasteiger partial charge in [0.25, 0.3) is 0 Å². The van der Waals surface area contributed by atoms with Gasteiger partial charge in [-0.25, -0.2) is 19.7 Å². The smallest absolute Gasteiger partial charge is 0.481 e. The molecule has 17 atom stereocenters. The molecule has 1 saturated heterocycles. The van der Waals surface area contributed by atoms with Gasteiger partial charge in [-0.1, -0.05) is 56.7 Å². The normalized spacial score (nSPS) is 16.5. The van der Waals surface area contributed by atoms with Crippen LogP contribution in [-0.4, -0.2) is 372 Å². The van der Waals surface area contributed by atoms with Crippen LogP contribution in [0, 0.1) is 25.7 Å². The van der Waals surface area contributed by atoms with Crippen molar-refractivity contribution in [2.45, 2.75) is 208 Å². The highest BCUT2D eigenvalue weighted by Crippen LogP contribution is 2.29. The van der Waals surface area contributed by atoms with Gasteiger partial charge in [0.2, 0.25) is 35.4 Å². The molecule has 2 aromatic heterocycles. The number of carbonyl (C=O) groups excluding carboxylic acids is 11. The SMILES string of the molecule is CC(=O)N[C@@H](CCC(=O)NC[C@H](O)[C@@H](O)[C@H](O)[C@H](O)CO)C(=O)C[C@@H](CCC(=O)O)C(=O)N[C@@H](CCC(=O)NC[C@H](O)[C@@H](O)[C@H](O)[C@H](O)CO)C(=O)C[C@@H](CCC(=O)O)C(=O)N[C@@H](CCC(=O)NC[C@H](O)[C@@H](O)[C@H](O)[C@H](O)CO)C(=O)CCCSSCCOC(=O)OCCN1CCN(c2cc(Nc3ncc(C(=O)Cc4c(C)cccc4Cl)s3)nc(C)n2)CC1. The lowest BCUT2D eigenvalue weighted by atomic mass is 9.89. The second kappa shape index (κ2) is 56.6. The van der Waals surface area contributed by atoms with E-state index < -0.39 is 291 Å². The van der Waals surface area contributed by atoms with Crippen molar-refractivity contribution in [3.63, 3.8) is 0 Å². The average Bonchev–Trinajstić information content (AvgIpc) is 1.44. The van der Waals surface area contributed by atoms with Crippen LogP contribution in [0.25, 0.3) is 0 Å². The minimum absolute atomic E-state index is 0.0199. The van der Waals surface area contributed by atoms with Gasteiger partial charge in [0, 0.05) is 151 Å². The van der Waals surface area contributed by atoms with E-state index in [1.54, 1.807) is 19.1 Å². The number of hydrogen-bond donors (Lipinski definition) is 24. The van der Waals surface area contributed by atoms with Gasteiger partial charge in [0.15, 0.2) is 28.3 Å². The first-order valence-electron chi connectivity index (χ1n) is 39.7. The van der Waals surface area contributed by atoms with Crippen LogP contribution in [0.2, 0.25) is 5.02 Å². The quantitative estimate of drug-likeness (QED) is 0.0109. The molecule has 24 N–H and O–H groups in total. The summed E-state index contributed by atoms with van der Waals surface area (Å²) >= 11 is 7.56. The van der Waals surface area contributed by atoms with Crippen LogP contribution in [0.3, 0.4) is 0 Å². The molecule has 48 heteroatoms. The highest BCUT2D eigenvalue weighted by Gasteiger charge is 2.38. The van der Waals surface area contributed by atoms with E-state index in [0.717, 1.165) is 18.1 Å². The number of thiazole rings is 1. The lowest BCUT2D eigenvalue weighted by molar-refractivity contribution is -0.139. The number of aliphatic hydroxyl groups is 15. The number of carboxylic acid groups (broad SMARTS) is 2. The van der Waals surface area contributed by atoms with Gasteiger partial charge in [-0.3, -0.25) is 62.4 Å². The Morgan fingerprint density at radius 1 is 0.540 bits per heavy atom. The Kier molecular flexibility index (Phi) is 49.3. The number of Topliss-reactive ketones (excluding diaryl/α,β-unsaturated/α-hetero) is 4. The molecule has 0 unspecified atom stereocenters. The van der Waals surface area contributed by atoms with Crippen LogP contribution in [0.5, 0.6) is 0 Å². The predicted octanol–water partition coefficient (Wildman–Crippen LogP) is -5.27. The molecule has 1 aromatic carbocycles. The van der Waals surface area contributed by atoms with Crippen LogP contribution < -0.4 is 42.1 Å². The van der Waals surface area contributed by atoms with Gasteiger partial charge >= 0.3 is 18.1 Å². The Morgan fingerprint density at radius 2 is 0.984 bits per heavy atom. The lowest BCUT2D eigenvalue weighted by Crippen LogP contribution is -2.50. The number of piperazine rings is 1. The maximum atomic E-state index is 14.7. The van der Waals surface area contributed by atoms with Crippen molar-refractivity contribution in [1.29, 1.82) is 0 Å². The first-order valence-corrected chi connectivity index (χ1v) is 43.4. The molecule has 696 valence electrons. The van der Waals surface area contributed by atoms with Crippen molar-refractivity contribution in [3.05, 3.63) is 57.3 Å². The van der Waals surface area contributed by atoms with E-state index in [1.165, 1.54) is 39.1 Å². The monoisotopic (exact) mass is 1840 g/mol. The minimum Gasteiger partial charge on any atom is -0.481 e. The summed E-state index contributed by atoms with van der Waals surface area (Å²) in [5, 5.41) is 186. The summed E-state index contributed by atoms with van der Waals surface area (Å²) in [5.41, 5.74) is 1.66. The third-order valence-corrected chi connectivity index (χ3v) is 23.4. The maximum Gasteiger partial charge on any atom is 0.508 e. The number of aromatic nitrogens is 3. The summed E-state index contributed by atoms with van der Waals surface area (Å²) in [7, 11) is 2.52. The molecule has 0 bridgehead atoms. The molecule has 0 saturated carbocycles. The first kappa shape index (κ1) is 108. The van der Waals surface area contributed by atoms with Crippen LogP contribution in [0.4, 0.5) is 21.6 Å². The van der Waals surface area contributed by atoms with Crippen LogP contribution in [0.15, 0.2) is 30.5 Å². The number of aliphatic carboxylic acids is 2. The standard InChI is InChI=1S/C76H115ClN12O32S3/c1-39-6-4-7-45(77)44(39)30-52(97)59-35-81-75(124-59)87-60-31-61(83-40(2)82-60)89-21-19-88(20-22-89)23-24-120-76(119)121-25-27-123-122-26-5-8-49(94)46(11-14-62(104)78-32-53(98)67(111)70(114)56(101)36-90)85-73(117)43(10-18-66(109)110)29-51(96)48(13-16-64(106)80-34-55(100)69(113)72(116)58(103)38-92)86-74(118)42(9-17-65(107)108)28-50(95)47(84-41(3)93)12-15-63(105)79-33-54(99)68(112)71(115)57(102)37-91/h4,6-7,31,35,42-43,46-48,53-58,67-72,90-92,98-103,111-116H,5,8-30,32-34,36-38H2,1-3H3,(H,78,104)(H,79,105)(H,80,106)(H,84,93)(H,85,117)(H,86,118)(H,107,108)(H,109,110)(H,81,82,83,87)/t42-,43-,46+,47+,48+,53+,54+,55+,56-,57-,58-,67-,68-,69-,70-,71-,72-/m1/s1. The molecule has 124 heavy (non-hydrogen) atoms. The molecule has 1 fully saturated rings. The second-order valence-electron chi connectivity index (χ2n) is 29.3. The fourth-order valence-electron chi connectivity index (χ4n) is 12.3. The second-order valence-corrected chi connectivity index (χ2v) is 33.5. The number of carbonyl (C=O) groups is 13. The Hall–Kier alpha value is -8.41. The number of hydrogen-bond acceptors (Lipinski definition) is 39. The number of halogens is 1. The van der Waals surface area contributed by atoms with Gasteiger partial charge in [-0.2, -0.15) is 0 Å². The number of aliphatic hydroxyl groups excluding tert-OH is 15. The third-order valence-electron chi connectivity index (χ3n) is 19.7. The molecular formula is C76H115ClN12O32S3. The van der Waals surface area contributed by atoms with Crippen LogP contribution in [0.1, 0.15) is 123 Å². The van der Waals surface area contributed by atoms with Gasteiger partial charge < -0.3 is 138 Å². The van der Waals surface area contributed by atoms with Crippen molar-refractivity contribution >= 4 is 138 Å². The van der Waals surface area contributed by atoms with E-state index in [1.807, 2.05) is 19.1 Å². The number of amides is 6. The largest absolute Gasteiger partial charge is 0.508 e. The van der Waals surface area contributed by atoms with Gasteiger partial charge in [-0.05, 0) is 69.6 Å². The molecule has 44 nitrogen and oxygen atoms in total. The van der Waals surface area contributed by atoms with Crippen LogP contribution in [-0.2, 0) is 68.6 Å². The summed E-state index contributed by atoms with van der Waals surface area (Å²) in [6.45, 7) is 1.92. The molecule has 3 aromatic rings. The highest BCUT2D eigenvalue weighted by molar-refractivity contribution is 8.76. The zero-order chi connectivity index (χ0) is 92.4. The van der Waals surface area contributed by atoms with Crippen molar-refractivity contribution in [3.8, 4) is 0 Å². The molecule has 1 aliphatic heterocycles. The minimum atomic E-state index is -2.16. The van der Waals surface area contributed by atoms with E-state index >= 15 is 0 Å². The molecule has 0 aliphatic carbocycles. The molecular weight excluding hydrogens is 1720 g/mol. The summed E-state index contributed by atoms with van der Waals surface area (Å²) in [6.07, 6.45) is -32.4. The number of benzene rings is 1. The Morgan fingerprint density at radius 3 is 1.44 bits per heavy atom. The van der Waals surface area contributed by atoms with Crippen molar-refractivity contribution < 1.29 is 159 Å². The molecule has 0 radical (unpaired) electrons. The predicted molar refractivity (Wildman–Crippen MR) is 443 cm³/mol. The van der Waals surface area contributed by atoms with Crippen molar-refractivity contribution in [2.75, 3.05) is 107 Å². The number of ketones is 4. The average molecular weight is 1840 g/mol. The topological polar surface area (TPSA) is 714 Å². The van der Waals surface area contributed by atoms with Gasteiger partial charge in [-0.15, -0.1) is 0 Å².